The highest BCUT2D eigenvalue weighted by atomic mass is 32.2. The van der Waals surface area contributed by atoms with E-state index in [0.717, 1.165) is 12.0 Å². The first-order valence-electron chi connectivity index (χ1n) is 19.0. The number of aliphatic hydroxyl groups is 1. The van der Waals surface area contributed by atoms with E-state index in [9.17, 15) is 33.0 Å². The average molecular weight is 793 g/mol. The lowest BCUT2D eigenvalue weighted by Gasteiger charge is -2.22. The summed E-state index contributed by atoms with van der Waals surface area (Å²) >= 11 is 0. The zero-order chi connectivity index (χ0) is 40.9. The van der Waals surface area contributed by atoms with E-state index >= 15 is 0 Å². The number of hydrogen-bond acceptors (Lipinski definition) is 11. The van der Waals surface area contributed by atoms with Crippen LogP contribution in [0.2, 0.25) is 0 Å². The number of anilines is 1. The quantitative estimate of drug-likeness (QED) is 0.0242. The molecule has 6 N–H and O–H groups in total. The fourth-order valence-electron chi connectivity index (χ4n) is 6.08. The van der Waals surface area contributed by atoms with Gasteiger partial charge in [0.2, 0.25) is 5.91 Å². The number of carbonyl (C=O) groups is 3. The maximum absolute atomic E-state index is 12.9. The molecule has 304 valence electrons. The summed E-state index contributed by atoms with van der Waals surface area (Å²) in [6.45, 7) is 7.57. The summed E-state index contributed by atoms with van der Waals surface area (Å²) in [4.78, 5) is 37.8. The molecule has 0 saturated heterocycles. The first kappa shape index (κ1) is 45.3. The maximum Gasteiger partial charge on any atom is 0.306 e. The second kappa shape index (κ2) is 23.7. The van der Waals surface area contributed by atoms with Crippen LogP contribution in [0.4, 0.5) is 11.4 Å². The first-order chi connectivity index (χ1) is 26.9. The van der Waals surface area contributed by atoms with Crippen LogP contribution in [-0.4, -0.2) is 82.0 Å². The number of rotatable bonds is 25. The number of nitrogens with zero attached hydrogens (tertiary/aromatic N) is 2. The average Bonchev–Trinajstić information content (AvgIpc) is 3.19. The standard InChI is InChI=1S/C41H56N6O8S/c1-5-30(16-17-33(41(51)52)28-31(6-2)32-12-8-7-9-13-32)39(49)44-25-24-42-22-23-43-26-27-56(53,54)35-20-18-34(19-21-35)46-47-38(29(3)48)40(50)45-36-14-10-11-15-37(36)55-4/h7-15,18-21,30-31,33,42-43,48H,5-6,16-17,22-28H2,1-4H3,(H,44,49)(H,45,50)(H,51,52)/b38-29+,47-46?. The Bertz CT molecular complexity index is 1870. The Balaban J connectivity index is 1.34. The number of ether oxygens (including phenoxy) is 1. The van der Waals surface area contributed by atoms with Crippen LogP contribution in [0.5, 0.6) is 5.75 Å². The molecule has 0 aliphatic heterocycles. The second-order valence-electron chi connectivity index (χ2n) is 13.4. The van der Waals surface area contributed by atoms with E-state index in [4.69, 9.17) is 4.74 Å². The molecule has 0 saturated carbocycles. The molecule has 14 nitrogen and oxygen atoms in total. The predicted octanol–water partition coefficient (Wildman–Crippen LogP) is 6.37. The van der Waals surface area contributed by atoms with Gasteiger partial charge in [-0.25, -0.2) is 8.42 Å². The van der Waals surface area contributed by atoms with Crippen LogP contribution in [0.3, 0.4) is 0 Å². The number of amides is 2. The lowest BCUT2D eigenvalue weighted by molar-refractivity contribution is -0.143. The number of carbonyl (C=O) groups excluding carboxylic acids is 2. The van der Waals surface area contributed by atoms with Crippen LogP contribution in [0.15, 0.2) is 105 Å². The number of aliphatic hydroxyl groups excluding tert-OH is 1. The third kappa shape index (κ3) is 14.8. The molecule has 3 aromatic rings. The molecule has 3 aromatic carbocycles. The van der Waals surface area contributed by atoms with E-state index < -0.39 is 27.6 Å². The van der Waals surface area contributed by atoms with Crippen LogP contribution in [-0.2, 0) is 24.2 Å². The molecule has 3 rings (SSSR count). The van der Waals surface area contributed by atoms with Crippen LogP contribution >= 0.6 is 0 Å². The van der Waals surface area contributed by atoms with Gasteiger partial charge in [0.25, 0.3) is 5.91 Å². The molecule has 0 spiro atoms. The van der Waals surface area contributed by atoms with Crippen molar-refractivity contribution in [3.05, 3.63) is 95.9 Å². The highest BCUT2D eigenvalue weighted by Crippen LogP contribution is 2.31. The molecule has 2 amide bonds. The van der Waals surface area contributed by atoms with Gasteiger partial charge >= 0.3 is 5.97 Å². The van der Waals surface area contributed by atoms with Crippen molar-refractivity contribution >= 4 is 39.0 Å². The highest BCUT2D eigenvalue weighted by molar-refractivity contribution is 7.91. The number of benzene rings is 3. The van der Waals surface area contributed by atoms with Crippen LogP contribution in [0.1, 0.15) is 64.4 Å². The fourth-order valence-corrected chi connectivity index (χ4v) is 7.28. The molecule has 0 radical (unpaired) electrons. The predicted molar refractivity (Wildman–Crippen MR) is 217 cm³/mol. The van der Waals surface area contributed by atoms with E-state index in [2.05, 4.69) is 38.4 Å². The molecule has 0 aliphatic rings. The first-order valence-corrected chi connectivity index (χ1v) is 20.6. The van der Waals surface area contributed by atoms with Crippen molar-refractivity contribution in [1.29, 1.82) is 0 Å². The molecular weight excluding hydrogens is 737 g/mol. The maximum atomic E-state index is 12.9. The van der Waals surface area contributed by atoms with Crippen molar-refractivity contribution in [1.82, 2.24) is 16.0 Å². The molecule has 0 aromatic heterocycles. The zero-order valence-corrected chi connectivity index (χ0v) is 33.5. The Morgan fingerprint density at radius 3 is 2.04 bits per heavy atom. The fraction of sp³-hybridized carbons (Fsp3) is 0.439. The molecule has 0 heterocycles. The lowest BCUT2D eigenvalue weighted by Crippen LogP contribution is -2.38. The van der Waals surface area contributed by atoms with Crippen molar-refractivity contribution < 1.29 is 37.8 Å². The van der Waals surface area contributed by atoms with Gasteiger partial charge < -0.3 is 36.2 Å². The third-order valence-corrected chi connectivity index (χ3v) is 11.1. The number of azo groups is 1. The van der Waals surface area contributed by atoms with Crippen LogP contribution in [0, 0.1) is 11.8 Å². The summed E-state index contributed by atoms with van der Waals surface area (Å²) in [6, 6.07) is 22.5. The van der Waals surface area contributed by atoms with E-state index in [1.54, 1.807) is 24.3 Å². The topological polar surface area (TPSA) is 208 Å². The van der Waals surface area contributed by atoms with Gasteiger partial charge in [0.15, 0.2) is 15.5 Å². The molecule has 3 unspecified atom stereocenters. The molecule has 3 atom stereocenters. The van der Waals surface area contributed by atoms with E-state index in [0.29, 0.717) is 63.3 Å². The van der Waals surface area contributed by atoms with Gasteiger partial charge in [-0.3, -0.25) is 14.4 Å². The van der Waals surface area contributed by atoms with E-state index in [1.807, 2.05) is 37.3 Å². The highest BCUT2D eigenvalue weighted by Gasteiger charge is 2.26. The molecule has 0 aliphatic carbocycles. The van der Waals surface area contributed by atoms with Crippen molar-refractivity contribution in [3.63, 3.8) is 0 Å². The Morgan fingerprint density at radius 1 is 0.786 bits per heavy atom. The third-order valence-electron chi connectivity index (χ3n) is 9.41. The summed E-state index contributed by atoms with van der Waals surface area (Å²) in [5.74, 6) is -2.28. The Labute approximate surface area is 330 Å². The largest absolute Gasteiger partial charge is 0.510 e. The van der Waals surface area contributed by atoms with Crippen molar-refractivity contribution in [2.24, 2.45) is 22.1 Å². The Kier molecular flexibility index (Phi) is 19.2. The normalized spacial score (nSPS) is 13.7. The second-order valence-corrected chi connectivity index (χ2v) is 15.5. The summed E-state index contributed by atoms with van der Waals surface area (Å²) in [5, 5.41) is 39.7. The monoisotopic (exact) mass is 792 g/mol. The number of sulfone groups is 1. The zero-order valence-electron chi connectivity index (χ0n) is 32.7. The van der Waals surface area contributed by atoms with Crippen molar-refractivity contribution in [2.75, 3.05) is 50.9 Å². The Morgan fingerprint density at radius 2 is 1.41 bits per heavy atom. The van der Waals surface area contributed by atoms with Gasteiger partial charge in [0.1, 0.15) is 11.5 Å². The molecule has 0 bridgehead atoms. The van der Waals surface area contributed by atoms with Gasteiger partial charge in [-0.15, -0.1) is 5.11 Å². The van der Waals surface area contributed by atoms with Crippen molar-refractivity contribution in [3.8, 4) is 5.75 Å². The number of aliphatic carboxylic acids is 1. The van der Waals surface area contributed by atoms with Gasteiger partial charge in [0, 0.05) is 38.6 Å². The number of hydrogen-bond donors (Lipinski definition) is 6. The minimum absolute atomic E-state index is 0.0811. The summed E-state index contributed by atoms with van der Waals surface area (Å²) < 4.78 is 31.0. The molecule has 0 fully saturated rings. The minimum Gasteiger partial charge on any atom is -0.510 e. The van der Waals surface area contributed by atoms with E-state index in [-0.39, 0.29) is 52.1 Å². The number of carboxylic acids is 1. The summed E-state index contributed by atoms with van der Waals surface area (Å²) in [7, 11) is -2.13. The van der Waals surface area contributed by atoms with Crippen LogP contribution < -0.4 is 26.0 Å². The summed E-state index contributed by atoms with van der Waals surface area (Å²) in [6.07, 6.45) is 2.97. The number of nitrogens with one attached hydrogen (secondary N) is 4. The van der Waals surface area contributed by atoms with Gasteiger partial charge in [-0.1, -0.05) is 56.3 Å². The van der Waals surface area contributed by atoms with Gasteiger partial charge in [-0.2, -0.15) is 5.11 Å². The number of allylic oxidation sites excluding steroid dienone is 1. The molecule has 15 heteroatoms. The SMILES string of the molecule is CCC(CCC(CC(CC)c1ccccc1)C(=O)O)C(=O)NCCNCCNCCS(=O)(=O)c1ccc(N=N/C(C(=O)Nc2ccccc2OC)=C(\C)O)cc1. The van der Waals surface area contributed by atoms with Crippen molar-refractivity contribution in [2.45, 2.75) is 63.7 Å². The van der Waals surface area contributed by atoms with E-state index in [1.165, 1.54) is 38.3 Å². The number of methoxy groups -OCH3 is 1. The number of para-hydroxylation sites is 2. The summed E-state index contributed by atoms with van der Waals surface area (Å²) in [5.41, 5.74) is 1.49. The van der Waals surface area contributed by atoms with Crippen LogP contribution in [0.25, 0.3) is 0 Å². The number of carboxylic acid groups (broad SMARTS) is 1. The lowest BCUT2D eigenvalue weighted by atomic mass is 9.83. The Hall–Kier alpha value is -5.12. The minimum atomic E-state index is -3.59. The molecular formula is C41H56N6O8S. The van der Waals surface area contributed by atoms with Gasteiger partial charge in [0.05, 0.1) is 35.1 Å². The van der Waals surface area contributed by atoms with Gasteiger partial charge in [-0.05, 0) is 86.9 Å². The smallest absolute Gasteiger partial charge is 0.306 e. The molecule has 56 heavy (non-hydrogen) atoms.